The standard InChI is InChI=1S/C19H24N4O2/c1-12-10-15(18(24)23(4)5)8-9-17(12)22-19(25)21-14(3)16-7-6-13(2)20-11-16/h6-11,14H,1-5H3,(H2,21,22,25)/t14-/m1/s1. The third kappa shape index (κ3) is 4.79. The van der Waals surface area contributed by atoms with Crippen molar-refractivity contribution in [2.75, 3.05) is 19.4 Å². The molecule has 132 valence electrons. The van der Waals surface area contributed by atoms with Crippen LogP contribution in [-0.4, -0.2) is 35.9 Å². The van der Waals surface area contributed by atoms with E-state index in [1.807, 2.05) is 32.9 Å². The summed E-state index contributed by atoms with van der Waals surface area (Å²) in [6.07, 6.45) is 1.76. The summed E-state index contributed by atoms with van der Waals surface area (Å²) in [5.74, 6) is -0.0698. The number of pyridine rings is 1. The van der Waals surface area contributed by atoms with Gasteiger partial charge in [-0.3, -0.25) is 9.78 Å². The van der Waals surface area contributed by atoms with Gasteiger partial charge in [-0.15, -0.1) is 0 Å². The quantitative estimate of drug-likeness (QED) is 0.897. The number of nitrogens with one attached hydrogen (secondary N) is 2. The fourth-order valence-electron chi connectivity index (χ4n) is 2.37. The first kappa shape index (κ1) is 18.4. The summed E-state index contributed by atoms with van der Waals surface area (Å²) in [6, 6.07) is 8.61. The van der Waals surface area contributed by atoms with Crippen LogP contribution in [0.5, 0.6) is 0 Å². The number of hydrogen-bond donors (Lipinski definition) is 2. The van der Waals surface area contributed by atoms with Crippen molar-refractivity contribution in [3.8, 4) is 0 Å². The number of carbonyl (C=O) groups is 2. The highest BCUT2D eigenvalue weighted by molar-refractivity contribution is 5.96. The summed E-state index contributed by atoms with van der Waals surface area (Å²) in [4.78, 5) is 30.0. The SMILES string of the molecule is Cc1ccc([C@@H](C)NC(=O)Nc2ccc(C(=O)N(C)C)cc2C)cn1. The first-order valence-corrected chi connectivity index (χ1v) is 8.10. The average molecular weight is 340 g/mol. The molecule has 1 atom stereocenters. The van der Waals surface area contributed by atoms with Crippen molar-refractivity contribution in [3.05, 3.63) is 58.9 Å². The smallest absolute Gasteiger partial charge is 0.319 e. The molecule has 0 bridgehead atoms. The summed E-state index contributed by atoms with van der Waals surface area (Å²) in [6.45, 7) is 5.68. The minimum Gasteiger partial charge on any atom is -0.345 e. The van der Waals surface area contributed by atoms with Gasteiger partial charge in [-0.2, -0.15) is 0 Å². The summed E-state index contributed by atoms with van der Waals surface area (Å²) in [7, 11) is 3.41. The zero-order chi connectivity index (χ0) is 18.6. The number of aryl methyl sites for hydroxylation is 2. The third-order valence-electron chi connectivity index (χ3n) is 3.91. The van der Waals surface area contributed by atoms with Crippen LogP contribution in [0.25, 0.3) is 0 Å². The van der Waals surface area contributed by atoms with Gasteiger partial charge in [0, 0.05) is 37.2 Å². The molecule has 1 aromatic heterocycles. The number of aromatic nitrogens is 1. The maximum atomic E-state index is 12.2. The zero-order valence-corrected chi connectivity index (χ0v) is 15.3. The van der Waals surface area contributed by atoms with Crippen LogP contribution in [0, 0.1) is 13.8 Å². The molecule has 0 unspecified atom stereocenters. The third-order valence-corrected chi connectivity index (χ3v) is 3.91. The molecule has 0 radical (unpaired) electrons. The summed E-state index contributed by atoms with van der Waals surface area (Å²) < 4.78 is 0. The van der Waals surface area contributed by atoms with Crippen LogP contribution in [0.4, 0.5) is 10.5 Å². The van der Waals surface area contributed by atoms with E-state index in [4.69, 9.17) is 0 Å². The lowest BCUT2D eigenvalue weighted by atomic mass is 10.1. The normalized spacial score (nSPS) is 11.6. The van der Waals surface area contributed by atoms with Gasteiger partial charge in [0.15, 0.2) is 0 Å². The molecule has 0 saturated carbocycles. The number of carbonyl (C=O) groups excluding carboxylic acids is 2. The lowest BCUT2D eigenvalue weighted by molar-refractivity contribution is 0.0827. The second-order valence-electron chi connectivity index (χ2n) is 6.28. The van der Waals surface area contributed by atoms with Crippen molar-refractivity contribution in [1.29, 1.82) is 0 Å². The Bertz CT molecular complexity index is 769. The van der Waals surface area contributed by atoms with E-state index in [2.05, 4.69) is 15.6 Å². The van der Waals surface area contributed by atoms with Crippen molar-refractivity contribution in [2.24, 2.45) is 0 Å². The highest BCUT2D eigenvalue weighted by atomic mass is 16.2. The molecule has 0 saturated heterocycles. The van der Waals surface area contributed by atoms with Gasteiger partial charge in [-0.05, 0) is 56.2 Å². The second kappa shape index (κ2) is 7.79. The predicted molar refractivity (Wildman–Crippen MR) is 98.7 cm³/mol. The number of benzene rings is 1. The molecule has 3 amide bonds. The van der Waals surface area contributed by atoms with Crippen molar-refractivity contribution in [1.82, 2.24) is 15.2 Å². The van der Waals surface area contributed by atoms with Gasteiger partial charge >= 0.3 is 6.03 Å². The molecule has 6 nitrogen and oxygen atoms in total. The average Bonchev–Trinajstić information content (AvgIpc) is 2.56. The maximum absolute atomic E-state index is 12.2. The summed E-state index contributed by atoms with van der Waals surface area (Å²) >= 11 is 0. The van der Waals surface area contributed by atoms with Crippen molar-refractivity contribution in [2.45, 2.75) is 26.8 Å². The number of nitrogens with zero attached hydrogens (tertiary/aromatic N) is 2. The van der Waals surface area contributed by atoms with Crippen LogP contribution >= 0.6 is 0 Å². The molecule has 2 N–H and O–H groups in total. The number of anilines is 1. The van der Waals surface area contributed by atoms with Crippen LogP contribution in [0.1, 0.15) is 40.1 Å². The van der Waals surface area contributed by atoms with Crippen LogP contribution in [-0.2, 0) is 0 Å². The Labute approximate surface area is 148 Å². The lowest BCUT2D eigenvalue weighted by Crippen LogP contribution is -2.31. The van der Waals surface area contributed by atoms with E-state index < -0.39 is 0 Å². The summed E-state index contributed by atoms with van der Waals surface area (Å²) in [5, 5.41) is 5.70. The Morgan fingerprint density at radius 1 is 1.12 bits per heavy atom. The molecule has 25 heavy (non-hydrogen) atoms. The molecule has 1 heterocycles. The first-order valence-electron chi connectivity index (χ1n) is 8.10. The molecule has 2 aromatic rings. The zero-order valence-electron chi connectivity index (χ0n) is 15.3. The lowest BCUT2D eigenvalue weighted by Gasteiger charge is -2.16. The van der Waals surface area contributed by atoms with Crippen LogP contribution < -0.4 is 10.6 Å². The molecule has 1 aromatic carbocycles. The van der Waals surface area contributed by atoms with Crippen LogP contribution in [0.3, 0.4) is 0 Å². The van der Waals surface area contributed by atoms with Gasteiger partial charge in [0.25, 0.3) is 5.91 Å². The van der Waals surface area contributed by atoms with E-state index >= 15 is 0 Å². The minimum atomic E-state index is -0.303. The van der Waals surface area contributed by atoms with Crippen molar-refractivity contribution >= 4 is 17.6 Å². The molecule has 0 spiro atoms. The van der Waals surface area contributed by atoms with Gasteiger partial charge < -0.3 is 15.5 Å². The fraction of sp³-hybridized carbons (Fsp3) is 0.316. The minimum absolute atomic E-state index is 0.0698. The fourth-order valence-corrected chi connectivity index (χ4v) is 2.37. The van der Waals surface area contributed by atoms with E-state index in [0.29, 0.717) is 11.3 Å². The number of urea groups is 1. The van der Waals surface area contributed by atoms with E-state index in [1.54, 1.807) is 38.5 Å². The molecule has 0 aliphatic carbocycles. The molecular weight excluding hydrogens is 316 g/mol. The highest BCUT2D eigenvalue weighted by Gasteiger charge is 2.13. The van der Waals surface area contributed by atoms with Gasteiger partial charge in [0.1, 0.15) is 0 Å². The van der Waals surface area contributed by atoms with E-state index in [1.165, 1.54) is 4.90 Å². The van der Waals surface area contributed by atoms with Crippen molar-refractivity contribution in [3.63, 3.8) is 0 Å². The maximum Gasteiger partial charge on any atom is 0.319 e. The Morgan fingerprint density at radius 2 is 1.84 bits per heavy atom. The molecular formula is C19H24N4O2. The predicted octanol–water partition coefficient (Wildman–Crippen LogP) is 3.28. The van der Waals surface area contributed by atoms with E-state index in [-0.39, 0.29) is 18.0 Å². The number of hydrogen-bond acceptors (Lipinski definition) is 3. The van der Waals surface area contributed by atoms with Gasteiger partial charge in [0.05, 0.1) is 6.04 Å². The van der Waals surface area contributed by atoms with Crippen LogP contribution in [0.15, 0.2) is 36.5 Å². The van der Waals surface area contributed by atoms with Crippen LogP contribution in [0.2, 0.25) is 0 Å². The largest absolute Gasteiger partial charge is 0.345 e. The van der Waals surface area contributed by atoms with Crippen molar-refractivity contribution < 1.29 is 9.59 Å². The van der Waals surface area contributed by atoms with Gasteiger partial charge in [0.2, 0.25) is 0 Å². The highest BCUT2D eigenvalue weighted by Crippen LogP contribution is 2.18. The molecule has 0 fully saturated rings. The molecule has 6 heteroatoms. The first-order chi connectivity index (χ1) is 11.8. The van der Waals surface area contributed by atoms with Gasteiger partial charge in [-0.1, -0.05) is 6.07 Å². The molecule has 0 aliphatic rings. The second-order valence-corrected chi connectivity index (χ2v) is 6.28. The summed E-state index contributed by atoms with van der Waals surface area (Å²) in [5.41, 5.74) is 3.95. The van der Waals surface area contributed by atoms with Gasteiger partial charge in [-0.25, -0.2) is 4.79 Å². The Kier molecular flexibility index (Phi) is 5.75. The topological polar surface area (TPSA) is 74.3 Å². The van der Waals surface area contributed by atoms with E-state index in [9.17, 15) is 9.59 Å². The molecule has 0 aliphatic heterocycles. The Hall–Kier alpha value is -2.89. The monoisotopic (exact) mass is 340 g/mol. The Morgan fingerprint density at radius 3 is 2.40 bits per heavy atom. The number of amides is 3. The Balaban J connectivity index is 2.02. The van der Waals surface area contributed by atoms with E-state index in [0.717, 1.165) is 16.8 Å². The number of rotatable bonds is 4. The molecule has 2 rings (SSSR count).